The van der Waals surface area contributed by atoms with Gasteiger partial charge in [-0.05, 0) is 0 Å². The number of hydrogen-bond donors (Lipinski definition) is 0. The maximum atomic E-state index is 11.4. The Morgan fingerprint density at radius 2 is 1.57 bits per heavy atom. The summed E-state index contributed by atoms with van der Waals surface area (Å²) in [5.74, 6) is 0.355. The van der Waals surface area contributed by atoms with Gasteiger partial charge >= 0.3 is 87.7 Å². The normalized spacial score (nSPS) is 12.4. The van der Waals surface area contributed by atoms with Crippen molar-refractivity contribution in [2.45, 2.75) is 34.8 Å². The van der Waals surface area contributed by atoms with E-state index in [9.17, 15) is 9.59 Å². The molecule has 0 radical (unpaired) electrons. The second-order valence-electron chi connectivity index (χ2n) is 4.78. The molecule has 78 valence electrons. The van der Waals surface area contributed by atoms with Crippen LogP contribution in [0, 0.1) is 0 Å². The van der Waals surface area contributed by atoms with Crippen LogP contribution in [0.4, 0.5) is 0 Å². The topological polar surface area (TPSA) is 43.4 Å². The first kappa shape index (κ1) is 11.8. The van der Waals surface area contributed by atoms with Gasteiger partial charge in [-0.15, -0.1) is 0 Å². The molecule has 0 aliphatic heterocycles. The molecule has 0 amide bonds. The minimum absolute atomic E-state index is 0.0364. The molecule has 0 aliphatic carbocycles. The molecule has 0 aromatic heterocycles. The van der Waals surface area contributed by atoms with Gasteiger partial charge in [0.1, 0.15) is 0 Å². The molecule has 0 saturated heterocycles. The quantitative estimate of drug-likeness (QED) is 0.607. The Hall–Kier alpha value is -0.321. The van der Waals surface area contributed by atoms with Crippen LogP contribution >= 0.6 is 0 Å². The summed E-state index contributed by atoms with van der Waals surface area (Å²) < 4.78 is 6.10. The molecule has 0 aliphatic rings. The predicted molar refractivity (Wildman–Crippen MR) is 60.1 cm³/mol. The maximum absolute atomic E-state index is 11.4. The van der Waals surface area contributed by atoms with Crippen LogP contribution in [-0.4, -0.2) is 24.5 Å². The second-order valence-corrected chi connectivity index (χ2v) is 19.0. The summed E-state index contributed by atoms with van der Waals surface area (Å²) in [6.07, 6.45) is -0.0364. The Morgan fingerprint density at radius 3 is 1.93 bits per heavy atom. The molecule has 14 heavy (non-hydrogen) atoms. The molecular weight excluding hydrogens is 287 g/mol. The van der Waals surface area contributed by atoms with Gasteiger partial charge in [0.05, 0.1) is 0 Å². The number of rotatable bonds is 3. The van der Waals surface area contributed by atoms with E-state index < -0.39 is 23.8 Å². The van der Waals surface area contributed by atoms with Gasteiger partial charge in [-0.3, -0.25) is 0 Å². The van der Waals surface area contributed by atoms with Crippen LogP contribution in [0.25, 0.3) is 0 Å². The first-order chi connectivity index (χ1) is 6.25. The molecule has 0 fully saturated rings. The Balaban J connectivity index is 3.14. The molecule has 1 aromatic carbocycles. The van der Waals surface area contributed by atoms with Gasteiger partial charge in [-0.1, -0.05) is 0 Å². The number of ether oxygens (including phenoxy) is 1. The molecular formula is C10H16O3Sn. The Morgan fingerprint density at radius 1 is 1.07 bits per heavy atom. The van der Waals surface area contributed by atoms with Gasteiger partial charge in [0.2, 0.25) is 0 Å². The average Bonchev–Trinajstić information content (AvgIpc) is 1.99. The predicted octanol–water partition coefficient (Wildman–Crippen LogP) is 0.615. The van der Waals surface area contributed by atoms with Crippen molar-refractivity contribution < 1.29 is 4.74 Å². The fourth-order valence-electron chi connectivity index (χ4n) is 1.40. The minimum atomic E-state index is -2.45. The zero-order valence-electron chi connectivity index (χ0n) is 9.30. The van der Waals surface area contributed by atoms with Crippen molar-refractivity contribution in [3.8, 4) is 5.75 Å². The van der Waals surface area contributed by atoms with Crippen molar-refractivity contribution in [2.24, 2.45) is 0 Å². The van der Waals surface area contributed by atoms with E-state index in [0.717, 1.165) is 3.58 Å². The van der Waals surface area contributed by atoms with Crippen molar-refractivity contribution in [1.29, 1.82) is 0 Å². The molecule has 3 nitrogen and oxygen atoms in total. The summed E-state index contributed by atoms with van der Waals surface area (Å²) >= 11 is -2.45. The molecule has 0 unspecified atom stereocenters. The van der Waals surface area contributed by atoms with Crippen LogP contribution in [0.5, 0.6) is 5.75 Å². The molecule has 0 heterocycles. The van der Waals surface area contributed by atoms with Gasteiger partial charge in [-0.2, -0.15) is 0 Å². The van der Waals surface area contributed by atoms with Crippen LogP contribution in [-0.2, 0) is 0 Å². The third-order valence-electron chi connectivity index (χ3n) is 1.97. The molecule has 0 N–H and O–H groups in total. The van der Waals surface area contributed by atoms with Crippen LogP contribution in [0.2, 0.25) is 14.8 Å². The summed E-state index contributed by atoms with van der Waals surface area (Å²) in [6.45, 7) is 3.72. The Kier molecular flexibility index (Phi) is 3.09. The Bertz CT molecular complexity index is 405. The van der Waals surface area contributed by atoms with E-state index in [-0.39, 0.29) is 11.5 Å². The van der Waals surface area contributed by atoms with Crippen molar-refractivity contribution in [2.75, 3.05) is 0 Å². The molecule has 1 aromatic rings. The SMILES string of the molecule is CC(C)Oc1[c]([Sn]([CH3])([CH3])[CH3])c(=O)c1=O. The summed E-state index contributed by atoms with van der Waals surface area (Å²) in [4.78, 5) is 28.9. The monoisotopic (exact) mass is 304 g/mol. The summed E-state index contributed by atoms with van der Waals surface area (Å²) in [7, 11) is 0. The summed E-state index contributed by atoms with van der Waals surface area (Å²) in [5.41, 5.74) is -0.732. The van der Waals surface area contributed by atoms with Gasteiger partial charge in [0.15, 0.2) is 0 Å². The zero-order valence-corrected chi connectivity index (χ0v) is 12.2. The van der Waals surface area contributed by atoms with E-state index in [1.807, 2.05) is 13.8 Å². The molecule has 0 atom stereocenters. The van der Waals surface area contributed by atoms with Crippen LogP contribution in [0.1, 0.15) is 13.8 Å². The Labute approximate surface area is 87.7 Å². The van der Waals surface area contributed by atoms with Crippen LogP contribution in [0.15, 0.2) is 9.59 Å². The van der Waals surface area contributed by atoms with E-state index in [1.165, 1.54) is 0 Å². The molecule has 0 bridgehead atoms. The fourth-order valence-corrected chi connectivity index (χ4v) is 6.10. The van der Waals surface area contributed by atoms with Gasteiger partial charge < -0.3 is 0 Å². The fraction of sp³-hybridized carbons (Fsp3) is 0.600. The number of hydrogen-bond acceptors (Lipinski definition) is 3. The summed E-state index contributed by atoms with van der Waals surface area (Å²) in [5, 5.41) is 0. The third kappa shape index (κ3) is 2.02. The van der Waals surface area contributed by atoms with Gasteiger partial charge in [0.25, 0.3) is 0 Å². The van der Waals surface area contributed by atoms with Crippen LogP contribution in [0.3, 0.4) is 0 Å². The first-order valence-electron chi connectivity index (χ1n) is 4.75. The summed E-state index contributed by atoms with van der Waals surface area (Å²) in [6, 6.07) is 0. The van der Waals surface area contributed by atoms with Crippen LogP contribution < -0.4 is 19.2 Å². The van der Waals surface area contributed by atoms with E-state index in [0.29, 0.717) is 5.75 Å². The van der Waals surface area contributed by atoms with Crippen molar-refractivity contribution in [3.63, 3.8) is 0 Å². The van der Waals surface area contributed by atoms with E-state index in [4.69, 9.17) is 4.74 Å². The zero-order chi connectivity index (χ0) is 11.1. The molecule has 0 spiro atoms. The average molecular weight is 303 g/mol. The van der Waals surface area contributed by atoms with Crippen molar-refractivity contribution >= 4 is 22.0 Å². The van der Waals surface area contributed by atoms with Gasteiger partial charge in [0, 0.05) is 0 Å². The second kappa shape index (κ2) is 3.68. The van der Waals surface area contributed by atoms with Gasteiger partial charge in [-0.25, -0.2) is 0 Å². The van der Waals surface area contributed by atoms with E-state index in [1.54, 1.807) is 0 Å². The van der Waals surface area contributed by atoms with Crippen molar-refractivity contribution in [3.05, 3.63) is 20.4 Å². The molecule has 0 saturated carbocycles. The molecule has 4 heteroatoms. The standard InChI is InChI=1S/C7H7O3.3CH3.Sn/c1-4(2)10-6-3-5(8)7(6)9;;;;/h4H,1-2H3;3*1H3;. The molecule has 1 rings (SSSR count). The third-order valence-corrected chi connectivity index (χ3v) is 7.55. The van der Waals surface area contributed by atoms with Crippen molar-refractivity contribution in [1.82, 2.24) is 0 Å². The van der Waals surface area contributed by atoms with E-state index in [2.05, 4.69) is 14.8 Å². The van der Waals surface area contributed by atoms with E-state index >= 15 is 0 Å². The first-order valence-corrected chi connectivity index (χ1v) is 14.7.